The van der Waals surface area contributed by atoms with Crippen LogP contribution in [-0.4, -0.2) is 36.7 Å². The Morgan fingerprint density at radius 1 is 1.06 bits per heavy atom. The molecule has 0 spiro atoms. The molecule has 3 N–H and O–H groups in total. The fourth-order valence-electron chi connectivity index (χ4n) is 3.38. The van der Waals surface area contributed by atoms with E-state index in [4.69, 9.17) is 9.47 Å². The van der Waals surface area contributed by atoms with Gasteiger partial charge in [-0.15, -0.1) is 0 Å². The SMILES string of the molecule is CCCCOC(=O)NC(Cc1c[nH]c2ccccc12)C(=O)NCc1ccccc1OC. The van der Waals surface area contributed by atoms with Gasteiger partial charge in [0.05, 0.1) is 13.7 Å². The molecule has 164 valence electrons. The van der Waals surface area contributed by atoms with E-state index < -0.39 is 12.1 Å². The van der Waals surface area contributed by atoms with Crippen molar-refractivity contribution in [3.63, 3.8) is 0 Å². The first-order chi connectivity index (χ1) is 15.1. The molecule has 0 aliphatic heterocycles. The van der Waals surface area contributed by atoms with Crippen LogP contribution in [0.4, 0.5) is 4.79 Å². The third kappa shape index (κ3) is 6.01. The Kier molecular flexibility index (Phi) is 7.92. The molecule has 31 heavy (non-hydrogen) atoms. The topological polar surface area (TPSA) is 92.5 Å². The summed E-state index contributed by atoms with van der Waals surface area (Å²) in [5.41, 5.74) is 2.79. The average Bonchev–Trinajstić information content (AvgIpc) is 3.20. The minimum atomic E-state index is -0.775. The number of aromatic amines is 1. The second-order valence-corrected chi connectivity index (χ2v) is 7.28. The first-order valence-electron chi connectivity index (χ1n) is 10.5. The van der Waals surface area contributed by atoms with Crippen LogP contribution in [0.3, 0.4) is 0 Å². The normalized spacial score (nSPS) is 11.7. The van der Waals surface area contributed by atoms with Crippen LogP contribution in [0.15, 0.2) is 54.7 Å². The predicted molar refractivity (Wildman–Crippen MR) is 120 cm³/mol. The van der Waals surface area contributed by atoms with Gasteiger partial charge in [-0.2, -0.15) is 0 Å². The highest BCUT2D eigenvalue weighted by Crippen LogP contribution is 2.20. The summed E-state index contributed by atoms with van der Waals surface area (Å²) in [7, 11) is 1.59. The molecule has 1 aromatic heterocycles. The highest BCUT2D eigenvalue weighted by Gasteiger charge is 2.23. The van der Waals surface area contributed by atoms with Crippen LogP contribution in [0.25, 0.3) is 10.9 Å². The van der Waals surface area contributed by atoms with Gasteiger partial charge in [0.25, 0.3) is 0 Å². The molecule has 0 aliphatic rings. The molecular formula is C24H29N3O4. The van der Waals surface area contributed by atoms with E-state index in [2.05, 4.69) is 15.6 Å². The van der Waals surface area contributed by atoms with Crippen molar-refractivity contribution in [2.24, 2.45) is 0 Å². The molecule has 7 heteroatoms. The van der Waals surface area contributed by atoms with Gasteiger partial charge in [-0.25, -0.2) is 4.79 Å². The Morgan fingerprint density at radius 2 is 1.84 bits per heavy atom. The standard InChI is InChI=1S/C24H29N3O4/c1-3-4-13-31-24(29)27-21(14-18-16-25-20-11-7-6-10-19(18)20)23(28)26-15-17-9-5-8-12-22(17)30-2/h5-12,16,21,25H,3-4,13-15H2,1-2H3,(H,26,28)(H,27,29). The van der Waals surface area contributed by atoms with Gasteiger partial charge >= 0.3 is 6.09 Å². The summed E-state index contributed by atoms with van der Waals surface area (Å²) in [4.78, 5) is 28.5. The second-order valence-electron chi connectivity index (χ2n) is 7.28. The molecular weight excluding hydrogens is 394 g/mol. The maximum atomic E-state index is 13.0. The molecule has 0 saturated heterocycles. The van der Waals surface area contributed by atoms with E-state index in [1.807, 2.05) is 61.7 Å². The van der Waals surface area contributed by atoms with Gasteiger partial charge in [0, 0.05) is 35.6 Å². The van der Waals surface area contributed by atoms with Gasteiger partial charge in [0.15, 0.2) is 0 Å². The molecule has 7 nitrogen and oxygen atoms in total. The Hall–Kier alpha value is -3.48. The number of ether oxygens (including phenoxy) is 2. The van der Waals surface area contributed by atoms with Crippen LogP contribution in [-0.2, 0) is 22.5 Å². The summed E-state index contributed by atoms with van der Waals surface area (Å²) in [5, 5.41) is 6.65. The first kappa shape index (κ1) is 22.2. The third-order valence-corrected chi connectivity index (χ3v) is 5.08. The number of rotatable bonds is 10. The van der Waals surface area contributed by atoms with E-state index in [1.165, 1.54) is 0 Å². The van der Waals surface area contributed by atoms with Crippen LogP contribution in [0.5, 0.6) is 5.75 Å². The van der Waals surface area contributed by atoms with E-state index in [0.29, 0.717) is 25.3 Å². The lowest BCUT2D eigenvalue weighted by Crippen LogP contribution is -2.48. The number of hydrogen-bond acceptors (Lipinski definition) is 4. The third-order valence-electron chi connectivity index (χ3n) is 5.08. The molecule has 0 bridgehead atoms. The fourth-order valence-corrected chi connectivity index (χ4v) is 3.38. The molecule has 2 aromatic carbocycles. The lowest BCUT2D eigenvalue weighted by Gasteiger charge is -2.19. The molecule has 2 amide bonds. The summed E-state index contributed by atoms with van der Waals surface area (Å²) >= 11 is 0. The first-order valence-corrected chi connectivity index (χ1v) is 10.5. The fraction of sp³-hybridized carbons (Fsp3) is 0.333. The molecule has 3 aromatic rings. The van der Waals surface area contributed by atoms with Crippen molar-refractivity contribution in [1.29, 1.82) is 0 Å². The van der Waals surface area contributed by atoms with Gasteiger partial charge in [0.2, 0.25) is 5.91 Å². The number of nitrogens with one attached hydrogen (secondary N) is 3. The van der Waals surface area contributed by atoms with Crippen LogP contribution in [0, 0.1) is 0 Å². The Morgan fingerprint density at radius 3 is 2.65 bits per heavy atom. The smallest absolute Gasteiger partial charge is 0.407 e. The lowest BCUT2D eigenvalue weighted by atomic mass is 10.0. The van der Waals surface area contributed by atoms with E-state index >= 15 is 0 Å². The van der Waals surface area contributed by atoms with Crippen LogP contribution >= 0.6 is 0 Å². The van der Waals surface area contributed by atoms with Gasteiger partial charge < -0.3 is 25.1 Å². The van der Waals surface area contributed by atoms with Gasteiger partial charge in [-0.05, 0) is 24.1 Å². The number of amides is 2. The predicted octanol–water partition coefficient (Wildman–Crippen LogP) is 3.93. The second kappa shape index (κ2) is 11.1. The molecule has 1 unspecified atom stereocenters. The summed E-state index contributed by atoms with van der Waals surface area (Å²) in [5.74, 6) is 0.409. The number of unbranched alkanes of at least 4 members (excludes halogenated alkanes) is 1. The largest absolute Gasteiger partial charge is 0.496 e. The summed E-state index contributed by atoms with van der Waals surface area (Å²) in [6.07, 6.45) is 3.32. The lowest BCUT2D eigenvalue weighted by molar-refractivity contribution is -0.123. The zero-order chi connectivity index (χ0) is 22.1. The number of aromatic nitrogens is 1. The quantitative estimate of drug-likeness (QED) is 0.431. The van der Waals surface area contributed by atoms with Crippen molar-refractivity contribution in [2.45, 2.75) is 38.8 Å². The van der Waals surface area contributed by atoms with E-state index in [-0.39, 0.29) is 5.91 Å². The van der Waals surface area contributed by atoms with Crippen LogP contribution in [0.2, 0.25) is 0 Å². The number of carbonyl (C=O) groups is 2. The van der Waals surface area contributed by atoms with Crippen molar-refractivity contribution in [1.82, 2.24) is 15.6 Å². The van der Waals surface area contributed by atoms with Crippen LogP contribution in [0.1, 0.15) is 30.9 Å². The molecule has 0 fully saturated rings. The number of para-hydroxylation sites is 2. The molecule has 0 aliphatic carbocycles. The minimum absolute atomic E-state index is 0.288. The van der Waals surface area contributed by atoms with Crippen molar-refractivity contribution in [3.8, 4) is 5.75 Å². The number of carbonyl (C=O) groups excluding carboxylic acids is 2. The highest BCUT2D eigenvalue weighted by molar-refractivity contribution is 5.88. The van der Waals surface area contributed by atoms with Gasteiger partial charge in [-0.3, -0.25) is 4.79 Å². The number of alkyl carbamates (subject to hydrolysis) is 1. The van der Waals surface area contributed by atoms with E-state index in [0.717, 1.165) is 34.9 Å². The minimum Gasteiger partial charge on any atom is -0.496 e. The van der Waals surface area contributed by atoms with Crippen molar-refractivity contribution >= 4 is 22.9 Å². The maximum Gasteiger partial charge on any atom is 0.407 e. The zero-order valence-electron chi connectivity index (χ0n) is 17.9. The molecule has 0 radical (unpaired) electrons. The van der Waals surface area contributed by atoms with Crippen molar-refractivity contribution < 1.29 is 19.1 Å². The van der Waals surface area contributed by atoms with Crippen molar-refractivity contribution in [2.75, 3.05) is 13.7 Å². The Balaban J connectivity index is 1.72. The summed E-state index contributed by atoms with van der Waals surface area (Å²) in [6.45, 7) is 2.64. The number of fused-ring (bicyclic) bond motifs is 1. The molecule has 1 atom stereocenters. The highest BCUT2D eigenvalue weighted by atomic mass is 16.5. The molecule has 0 saturated carbocycles. The van der Waals surface area contributed by atoms with E-state index in [9.17, 15) is 9.59 Å². The monoisotopic (exact) mass is 423 g/mol. The number of benzene rings is 2. The van der Waals surface area contributed by atoms with E-state index in [1.54, 1.807) is 7.11 Å². The summed E-state index contributed by atoms with van der Waals surface area (Å²) < 4.78 is 10.6. The van der Waals surface area contributed by atoms with Gasteiger partial charge in [0.1, 0.15) is 11.8 Å². The Bertz CT molecular complexity index is 1010. The van der Waals surface area contributed by atoms with Gasteiger partial charge in [-0.1, -0.05) is 49.7 Å². The summed E-state index contributed by atoms with van der Waals surface area (Å²) in [6, 6.07) is 14.6. The average molecular weight is 424 g/mol. The van der Waals surface area contributed by atoms with Crippen molar-refractivity contribution in [3.05, 3.63) is 65.9 Å². The van der Waals surface area contributed by atoms with Crippen LogP contribution < -0.4 is 15.4 Å². The number of H-pyrrole nitrogens is 1. The maximum absolute atomic E-state index is 13.0. The zero-order valence-corrected chi connectivity index (χ0v) is 17.9. The number of hydrogen-bond donors (Lipinski definition) is 3. The number of methoxy groups -OCH3 is 1. The molecule has 3 rings (SSSR count). The Labute approximate surface area is 182 Å². The molecule has 1 heterocycles.